The van der Waals surface area contributed by atoms with Gasteiger partial charge in [-0.2, -0.15) is 0 Å². The fourth-order valence-corrected chi connectivity index (χ4v) is 1.33. The van der Waals surface area contributed by atoms with Crippen LogP contribution in [0.15, 0.2) is 36.7 Å². The Balaban J connectivity index is 2.11. The number of aryl methyl sites for hydroxylation is 2. The number of pyridine rings is 2. The predicted octanol–water partition coefficient (Wildman–Crippen LogP) is 2.35. The summed E-state index contributed by atoms with van der Waals surface area (Å²) in [6.07, 6.45) is 3.27. The van der Waals surface area contributed by atoms with Crippen LogP contribution in [0.5, 0.6) is 0 Å². The molecule has 0 aliphatic heterocycles. The summed E-state index contributed by atoms with van der Waals surface area (Å²) in [5, 5.41) is 2.71. The van der Waals surface area contributed by atoms with Crippen molar-refractivity contribution in [3.8, 4) is 0 Å². The molecule has 1 amide bonds. The minimum absolute atomic E-state index is 0.200. The van der Waals surface area contributed by atoms with E-state index in [0.717, 1.165) is 11.3 Å². The molecule has 0 spiro atoms. The molecule has 0 unspecified atom stereocenters. The van der Waals surface area contributed by atoms with Gasteiger partial charge in [0.25, 0.3) is 5.91 Å². The van der Waals surface area contributed by atoms with Crippen LogP contribution < -0.4 is 5.32 Å². The van der Waals surface area contributed by atoms with E-state index in [-0.39, 0.29) is 5.91 Å². The molecule has 0 saturated carbocycles. The smallest absolute Gasteiger partial charge is 0.258 e. The molecule has 2 rings (SSSR count). The van der Waals surface area contributed by atoms with Crippen LogP contribution in [0.2, 0.25) is 0 Å². The number of carbonyl (C=O) groups excluding carboxylic acids is 1. The van der Waals surface area contributed by atoms with Crippen molar-refractivity contribution in [3.63, 3.8) is 0 Å². The minimum Gasteiger partial charge on any atom is -0.307 e. The summed E-state index contributed by atoms with van der Waals surface area (Å²) in [6, 6.07) is 7.22. The minimum atomic E-state index is -0.200. The molecule has 0 radical (unpaired) electrons. The van der Waals surface area contributed by atoms with Gasteiger partial charge in [-0.1, -0.05) is 6.07 Å². The monoisotopic (exact) mass is 227 g/mol. The van der Waals surface area contributed by atoms with E-state index in [1.165, 1.54) is 0 Å². The van der Waals surface area contributed by atoms with Crippen molar-refractivity contribution >= 4 is 11.7 Å². The number of aromatic nitrogens is 2. The zero-order valence-corrected chi connectivity index (χ0v) is 9.77. The van der Waals surface area contributed by atoms with Crippen LogP contribution in [0, 0.1) is 13.8 Å². The molecule has 0 bridgehead atoms. The Kier molecular flexibility index (Phi) is 3.14. The Morgan fingerprint density at radius 2 is 1.88 bits per heavy atom. The summed E-state index contributed by atoms with van der Waals surface area (Å²) in [5.41, 5.74) is 2.47. The lowest BCUT2D eigenvalue weighted by molar-refractivity contribution is 0.102. The molecular formula is C13H13N3O. The first-order chi connectivity index (χ1) is 8.15. The molecule has 2 aromatic rings. The molecular weight excluding hydrogens is 214 g/mol. The van der Waals surface area contributed by atoms with Crippen molar-refractivity contribution in [1.29, 1.82) is 0 Å². The van der Waals surface area contributed by atoms with Gasteiger partial charge < -0.3 is 5.32 Å². The summed E-state index contributed by atoms with van der Waals surface area (Å²) in [4.78, 5) is 20.0. The number of rotatable bonds is 2. The Morgan fingerprint density at radius 3 is 2.47 bits per heavy atom. The van der Waals surface area contributed by atoms with Crippen molar-refractivity contribution in [2.24, 2.45) is 0 Å². The summed E-state index contributed by atoms with van der Waals surface area (Å²) < 4.78 is 0. The van der Waals surface area contributed by atoms with Crippen LogP contribution in [0.1, 0.15) is 21.6 Å². The van der Waals surface area contributed by atoms with Crippen molar-refractivity contribution in [2.45, 2.75) is 13.8 Å². The van der Waals surface area contributed by atoms with Crippen molar-refractivity contribution in [2.75, 3.05) is 5.32 Å². The van der Waals surface area contributed by atoms with Crippen LogP contribution >= 0.6 is 0 Å². The number of amides is 1. The SMILES string of the molecule is Cc1ccc(NC(=O)c2ccc(C)nc2)nc1. The highest BCUT2D eigenvalue weighted by Gasteiger charge is 2.06. The quantitative estimate of drug-likeness (QED) is 0.856. The van der Waals surface area contributed by atoms with E-state index < -0.39 is 0 Å². The highest BCUT2D eigenvalue weighted by molar-refractivity contribution is 6.03. The summed E-state index contributed by atoms with van der Waals surface area (Å²) >= 11 is 0. The Bertz CT molecular complexity index is 517. The molecule has 4 nitrogen and oxygen atoms in total. The summed E-state index contributed by atoms with van der Waals surface area (Å²) in [5.74, 6) is 0.343. The predicted molar refractivity (Wildman–Crippen MR) is 65.9 cm³/mol. The second kappa shape index (κ2) is 4.74. The fraction of sp³-hybridized carbons (Fsp3) is 0.154. The Labute approximate surface area is 99.7 Å². The van der Waals surface area contributed by atoms with E-state index in [2.05, 4.69) is 15.3 Å². The first-order valence-corrected chi connectivity index (χ1v) is 5.32. The zero-order valence-electron chi connectivity index (χ0n) is 9.77. The highest BCUT2D eigenvalue weighted by atomic mass is 16.1. The molecule has 86 valence electrons. The number of hydrogen-bond acceptors (Lipinski definition) is 3. The maximum absolute atomic E-state index is 11.8. The van der Waals surface area contributed by atoms with Gasteiger partial charge in [-0.05, 0) is 37.6 Å². The second-order valence-electron chi connectivity index (χ2n) is 3.86. The third-order valence-corrected chi connectivity index (χ3v) is 2.33. The first kappa shape index (κ1) is 11.3. The van der Waals surface area contributed by atoms with Gasteiger partial charge in [0.15, 0.2) is 0 Å². The van der Waals surface area contributed by atoms with Crippen LogP contribution in [0.3, 0.4) is 0 Å². The van der Waals surface area contributed by atoms with Gasteiger partial charge in [0.1, 0.15) is 5.82 Å². The van der Waals surface area contributed by atoms with Crippen LogP contribution in [-0.2, 0) is 0 Å². The standard InChI is InChI=1S/C13H13N3O/c1-9-3-6-12(15-7-9)16-13(17)11-5-4-10(2)14-8-11/h3-8H,1-2H3,(H,15,16,17). The van der Waals surface area contributed by atoms with Gasteiger partial charge in [-0.15, -0.1) is 0 Å². The molecule has 0 aliphatic carbocycles. The zero-order chi connectivity index (χ0) is 12.3. The molecule has 0 aliphatic rings. The van der Waals surface area contributed by atoms with Crippen molar-refractivity contribution in [3.05, 3.63) is 53.5 Å². The molecule has 17 heavy (non-hydrogen) atoms. The number of carbonyl (C=O) groups is 1. The maximum Gasteiger partial charge on any atom is 0.258 e. The lowest BCUT2D eigenvalue weighted by Crippen LogP contribution is -2.13. The van der Waals surface area contributed by atoms with Crippen molar-refractivity contribution in [1.82, 2.24) is 9.97 Å². The van der Waals surface area contributed by atoms with E-state index in [0.29, 0.717) is 11.4 Å². The molecule has 4 heteroatoms. The molecule has 2 heterocycles. The van der Waals surface area contributed by atoms with Crippen molar-refractivity contribution < 1.29 is 4.79 Å². The lowest BCUT2D eigenvalue weighted by Gasteiger charge is -2.04. The second-order valence-corrected chi connectivity index (χ2v) is 3.86. The van der Waals surface area contributed by atoms with Gasteiger partial charge in [0, 0.05) is 18.1 Å². The first-order valence-electron chi connectivity index (χ1n) is 5.32. The van der Waals surface area contributed by atoms with Crippen LogP contribution in [0.25, 0.3) is 0 Å². The largest absolute Gasteiger partial charge is 0.307 e. The van der Waals surface area contributed by atoms with Crippen LogP contribution in [0.4, 0.5) is 5.82 Å². The molecule has 2 aromatic heterocycles. The number of hydrogen-bond donors (Lipinski definition) is 1. The highest BCUT2D eigenvalue weighted by Crippen LogP contribution is 2.07. The fourth-order valence-electron chi connectivity index (χ4n) is 1.33. The summed E-state index contributed by atoms with van der Waals surface area (Å²) in [6.45, 7) is 3.83. The van der Waals surface area contributed by atoms with Gasteiger partial charge in [0.05, 0.1) is 5.56 Å². The van der Waals surface area contributed by atoms with Crippen LogP contribution in [-0.4, -0.2) is 15.9 Å². The number of nitrogens with zero attached hydrogens (tertiary/aromatic N) is 2. The molecule has 0 saturated heterocycles. The third kappa shape index (κ3) is 2.87. The summed E-state index contributed by atoms with van der Waals surface area (Å²) in [7, 11) is 0. The molecule has 1 N–H and O–H groups in total. The number of nitrogens with one attached hydrogen (secondary N) is 1. The Morgan fingerprint density at radius 1 is 1.06 bits per heavy atom. The normalized spacial score (nSPS) is 10.0. The molecule has 0 fully saturated rings. The van der Waals surface area contributed by atoms with Gasteiger partial charge in [-0.3, -0.25) is 9.78 Å². The van der Waals surface area contributed by atoms with Gasteiger partial charge in [-0.25, -0.2) is 4.98 Å². The topological polar surface area (TPSA) is 54.9 Å². The Hall–Kier alpha value is -2.23. The number of anilines is 1. The van der Waals surface area contributed by atoms with Gasteiger partial charge >= 0.3 is 0 Å². The average Bonchev–Trinajstić information content (AvgIpc) is 2.33. The average molecular weight is 227 g/mol. The maximum atomic E-state index is 11.8. The molecule has 0 atom stereocenters. The molecule has 0 aromatic carbocycles. The van der Waals surface area contributed by atoms with E-state index >= 15 is 0 Å². The third-order valence-electron chi connectivity index (χ3n) is 2.33. The van der Waals surface area contributed by atoms with E-state index in [1.807, 2.05) is 19.9 Å². The van der Waals surface area contributed by atoms with E-state index in [4.69, 9.17) is 0 Å². The lowest BCUT2D eigenvalue weighted by atomic mass is 10.2. The van der Waals surface area contributed by atoms with E-state index in [9.17, 15) is 4.79 Å². The van der Waals surface area contributed by atoms with Gasteiger partial charge in [0.2, 0.25) is 0 Å². The van der Waals surface area contributed by atoms with E-state index in [1.54, 1.807) is 30.6 Å².